The summed E-state index contributed by atoms with van der Waals surface area (Å²) in [5, 5.41) is 3.12. The van der Waals surface area contributed by atoms with Crippen molar-refractivity contribution in [3.05, 3.63) is 53.0 Å². The molecule has 0 unspecified atom stereocenters. The summed E-state index contributed by atoms with van der Waals surface area (Å²) in [6, 6.07) is 2.96. The molecule has 1 aliphatic heterocycles. The van der Waals surface area contributed by atoms with E-state index in [2.05, 4.69) is 15.3 Å². The van der Waals surface area contributed by atoms with Crippen molar-refractivity contribution in [2.75, 3.05) is 11.9 Å². The molecule has 172 valence electrons. The first-order chi connectivity index (χ1) is 15.9. The number of nitrogens with zero attached hydrogens (tertiary/aromatic N) is 3. The highest BCUT2D eigenvalue weighted by atomic mass is 19.1. The molecule has 1 N–H and O–H groups in total. The summed E-state index contributed by atoms with van der Waals surface area (Å²) in [7, 11) is 0. The summed E-state index contributed by atoms with van der Waals surface area (Å²) in [5.41, 5.74) is 1.04. The molecule has 4 aliphatic carbocycles. The normalized spacial score (nSPS) is 29.6. The van der Waals surface area contributed by atoms with E-state index in [-0.39, 0.29) is 23.4 Å². The van der Waals surface area contributed by atoms with E-state index in [1.165, 1.54) is 36.6 Å². The maximum absolute atomic E-state index is 14.1. The molecule has 2 aromatic rings. The van der Waals surface area contributed by atoms with Gasteiger partial charge in [0.05, 0.1) is 23.2 Å². The van der Waals surface area contributed by atoms with Crippen LogP contribution in [0.15, 0.2) is 24.5 Å². The Labute approximate surface area is 190 Å². The van der Waals surface area contributed by atoms with Crippen LogP contribution in [0.25, 0.3) is 0 Å². The predicted molar refractivity (Wildman–Crippen MR) is 116 cm³/mol. The Hall–Kier alpha value is -2.90. The Morgan fingerprint density at radius 1 is 1.03 bits per heavy atom. The van der Waals surface area contributed by atoms with E-state index in [9.17, 15) is 18.4 Å². The van der Waals surface area contributed by atoms with Crippen molar-refractivity contribution in [3.63, 3.8) is 0 Å². The minimum Gasteiger partial charge on any atom is -0.332 e. The SMILES string of the molecule is O=C(c1ccc(F)cc1F)N1CCc2c(ncnc2NC(=O)C23CC4CC(CC(C4)C2)C3)C1. The molecule has 1 aromatic heterocycles. The maximum atomic E-state index is 14.1. The Balaban J connectivity index is 1.21. The van der Waals surface area contributed by atoms with Crippen LogP contribution in [0.4, 0.5) is 14.6 Å². The van der Waals surface area contributed by atoms with Crippen LogP contribution in [0, 0.1) is 34.8 Å². The number of fused-ring (bicyclic) bond motifs is 1. The maximum Gasteiger partial charge on any atom is 0.257 e. The number of anilines is 1. The van der Waals surface area contributed by atoms with Crippen LogP contribution in [0.3, 0.4) is 0 Å². The van der Waals surface area contributed by atoms with Crippen molar-refractivity contribution < 1.29 is 18.4 Å². The van der Waals surface area contributed by atoms with Crippen molar-refractivity contribution in [3.8, 4) is 0 Å². The second-order valence-corrected chi connectivity index (χ2v) is 10.4. The minimum atomic E-state index is -0.878. The quantitative estimate of drug-likeness (QED) is 0.761. The monoisotopic (exact) mass is 452 g/mol. The van der Waals surface area contributed by atoms with Crippen LogP contribution in [0.2, 0.25) is 0 Å². The van der Waals surface area contributed by atoms with Crippen LogP contribution in [-0.2, 0) is 17.8 Å². The number of hydrogen-bond acceptors (Lipinski definition) is 4. The first-order valence-electron chi connectivity index (χ1n) is 11.8. The van der Waals surface area contributed by atoms with E-state index in [4.69, 9.17) is 0 Å². The highest BCUT2D eigenvalue weighted by Gasteiger charge is 2.54. The zero-order valence-corrected chi connectivity index (χ0v) is 18.3. The Kier molecular flexibility index (Phi) is 4.74. The molecule has 7 rings (SSSR count). The van der Waals surface area contributed by atoms with Gasteiger partial charge in [-0.05, 0) is 74.8 Å². The third-order valence-electron chi connectivity index (χ3n) is 8.21. The first-order valence-corrected chi connectivity index (χ1v) is 11.8. The number of benzene rings is 1. The number of carbonyl (C=O) groups is 2. The highest BCUT2D eigenvalue weighted by Crippen LogP contribution is 2.60. The molecule has 0 atom stereocenters. The van der Waals surface area contributed by atoms with Gasteiger partial charge in [-0.25, -0.2) is 18.7 Å². The number of aromatic nitrogens is 2. The number of halogens is 2. The largest absolute Gasteiger partial charge is 0.332 e. The first kappa shape index (κ1) is 20.7. The second-order valence-electron chi connectivity index (χ2n) is 10.4. The fraction of sp³-hybridized carbons (Fsp3) is 0.520. The van der Waals surface area contributed by atoms with E-state index < -0.39 is 17.5 Å². The summed E-state index contributed by atoms with van der Waals surface area (Å²) in [4.78, 5) is 36.5. The Morgan fingerprint density at radius 2 is 1.73 bits per heavy atom. The van der Waals surface area contributed by atoms with Gasteiger partial charge in [0.15, 0.2) is 0 Å². The molecular weight excluding hydrogens is 426 g/mol. The minimum absolute atomic E-state index is 0.0781. The van der Waals surface area contributed by atoms with Gasteiger partial charge in [-0.1, -0.05) is 0 Å². The van der Waals surface area contributed by atoms with Crippen molar-refractivity contribution >= 4 is 17.6 Å². The average molecular weight is 453 g/mol. The molecule has 1 aromatic carbocycles. The van der Waals surface area contributed by atoms with E-state index in [1.54, 1.807) is 0 Å². The smallest absolute Gasteiger partial charge is 0.257 e. The fourth-order valence-electron chi connectivity index (χ4n) is 7.10. The summed E-state index contributed by atoms with van der Waals surface area (Å²) >= 11 is 0. The van der Waals surface area contributed by atoms with E-state index in [0.717, 1.165) is 30.9 Å². The topological polar surface area (TPSA) is 75.2 Å². The van der Waals surface area contributed by atoms with E-state index in [0.29, 0.717) is 48.3 Å². The predicted octanol–water partition coefficient (Wildman–Crippen LogP) is 4.11. The van der Waals surface area contributed by atoms with Gasteiger partial charge in [-0.15, -0.1) is 0 Å². The van der Waals surface area contributed by atoms with Crippen molar-refractivity contribution in [1.29, 1.82) is 0 Å². The average Bonchev–Trinajstić information content (AvgIpc) is 2.77. The molecule has 4 saturated carbocycles. The lowest BCUT2D eigenvalue weighted by atomic mass is 9.49. The number of hydrogen-bond donors (Lipinski definition) is 1. The molecule has 2 amide bonds. The van der Waals surface area contributed by atoms with Crippen LogP contribution < -0.4 is 5.32 Å². The summed E-state index contributed by atoms with van der Waals surface area (Å²) < 4.78 is 27.3. The zero-order valence-electron chi connectivity index (χ0n) is 18.3. The summed E-state index contributed by atoms with van der Waals surface area (Å²) in [6.45, 7) is 0.532. The van der Waals surface area contributed by atoms with Gasteiger partial charge in [-0.2, -0.15) is 0 Å². The van der Waals surface area contributed by atoms with Gasteiger partial charge in [0.25, 0.3) is 5.91 Å². The highest BCUT2D eigenvalue weighted by molar-refractivity contribution is 5.96. The molecule has 5 aliphatic rings. The van der Waals surface area contributed by atoms with Crippen molar-refractivity contribution in [2.24, 2.45) is 23.2 Å². The number of nitrogens with one attached hydrogen (secondary N) is 1. The lowest BCUT2D eigenvalue weighted by Crippen LogP contribution is -2.52. The zero-order chi connectivity index (χ0) is 22.7. The third kappa shape index (κ3) is 3.50. The molecule has 0 spiro atoms. The molecule has 8 heteroatoms. The Morgan fingerprint density at radius 3 is 2.39 bits per heavy atom. The summed E-state index contributed by atoms with van der Waals surface area (Å²) in [5.74, 6) is 0.525. The number of rotatable bonds is 3. The van der Waals surface area contributed by atoms with Crippen LogP contribution in [0.5, 0.6) is 0 Å². The van der Waals surface area contributed by atoms with Gasteiger partial charge < -0.3 is 10.2 Å². The van der Waals surface area contributed by atoms with Gasteiger partial charge in [0, 0.05) is 18.2 Å². The Bertz CT molecular complexity index is 1120. The molecule has 6 nitrogen and oxygen atoms in total. The summed E-state index contributed by atoms with van der Waals surface area (Å²) in [6.07, 6.45) is 8.61. The lowest BCUT2D eigenvalue weighted by molar-refractivity contribution is -0.140. The molecule has 0 radical (unpaired) electrons. The van der Waals surface area contributed by atoms with E-state index in [1.807, 2.05) is 0 Å². The molecule has 4 fully saturated rings. The standard InChI is InChI=1S/C25H26F2N4O2/c26-17-1-2-18(20(27)8-17)23(32)31-4-3-19-21(12-31)28-13-29-22(19)30-24(33)25-9-14-5-15(10-25)7-16(6-14)11-25/h1-2,8,13-16H,3-7,9-12H2,(H,28,29,30,33). The second kappa shape index (κ2) is 7.57. The van der Waals surface area contributed by atoms with Crippen LogP contribution in [0.1, 0.15) is 60.1 Å². The molecule has 4 bridgehead atoms. The third-order valence-corrected chi connectivity index (χ3v) is 8.21. The van der Waals surface area contributed by atoms with E-state index >= 15 is 0 Å². The lowest BCUT2D eigenvalue weighted by Gasteiger charge is -2.55. The molecule has 2 heterocycles. The molecular formula is C25H26F2N4O2. The number of amides is 2. The van der Waals surface area contributed by atoms with Gasteiger partial charge >= 0.3 is 0 Å². The fourth-order valence-corrected chi connectivity index (χ4v) is 7.10. The number of carbonyl (C=O) groups excluding carboxylic acids is 2. The van der Waals surface area contributed by atoms with Crippen LogP contribution in [-0.4, -0.2) is 33.2 Å². The van der Waals surface area contributed by atoms with Gasteiger partial charge in [-0.3, -0.25) is 9.59 Å². The van der Waals surface area contributed by atoms with Crippen molar-refractivity contribution in [1.82, 2.24) is 14.9 Å². The van der Waals surface area contributed by atoms with Gasteiger partial charge in [0.1, 0.15) is 23.8 Å². The van der Waals surface area contributed by atoms with Crippen molar-refractivity contribution in [2.45, 2.75) is 51.5 Å². The van der Waals surface area contributed by atoms with Gasteiger partial charge in [0.2, 0.25) is 5.91 Å². The molecule has 0 saturated heterocycles. The van der Waals surface area contributed by atoms with Crippen LogP contribution >= 0.6 is 0 Å². The molecule has 33 heavy (non-hydrogen) atoms.